The monoisotopic (exact) mass is 499 g/mol. The number of carbonyl (C=O) groups excluding carboxylic acids is 1. The van der Waals surface area contributed by atoms with Crippen molar-refractivity contribution >= 4 is 34.9 Å². The first-order valence-corrected chi connectivity index (χ1v) is 11.6. The molecular weight excluding hydrogens is 481 g/mol. The summed E-state index contributed by atoms with van der Waals surface area (Å²) in [6.45, 7) is 0. The summed E-state index contributed by atoms with van der Waals surface area (Å²) in [4.78, 5) is 13.0. The maximum Gasteiger partial charge on any atom is 0.346 e. The van der Waals surface area contributed by atoms with Gasteiger partial charge in [0.1, 0.15) is 17.2 Å². The standard InChI is InChI=1S/C28H19Cl2N3O2/c29-21-10-6-19(7-11-21)26-18-33(32-27(26)20-8-12-22(30)13-9-20)28(34)31-23-14-16-25(17-15-23)35-24-4-2-1-3-5-24/h1-18H,(H,31,34). The highest BCUT2D eigenvalue weighted by Gasteiger charge is 2.17. The van der Waals surface area contributed by atoms with Crippen LogP contribution in [0.4, 0.5) is 10.5 Å². The van der Waals surface area contributed by atoms with E-state index in [9.17, 15) is 4.79 Å². The summed E-state index contributed by atoms with van der Waals surface area (Å²) in [5.74, 6) is 1.41. The van der Waals surface area contributed by atoms with Crippen molar-refractivity contribution in [1.82, 2.24) is 9.78 Å². The van der Waals surface area contributed by atoms with Crippen LogP contribution in [0.2, 0.25) is 10.0 Å². The van der Waals surface area contributed by atoms with Crippen LogP contribution in [0.3, 0.4) is 0 Å². The fourth-order valence-corrected chi connectivity index (χ4v) is 3.80. The van der Waals surface area contributed by atoms with Crippen molar-refractivity contribution in [3.8, 4) is 33.9 Å². The van der Waals surface area contributed by atoms with Crippen molar-refractivity contribution < 1.29 is 9.53 Å². The van der Waals surface area contributed by atoms with E-state index in [-0.39, 0.29) is 0 Å². The third-order valence-electron chi connectivity index (χ3n) is 5.28. The number of ether oxygens (including phenoxy) is 1. The van der Waals surface area contributed by atoms with Gasteiger partial charge in [-0.25, -0.2) is 4.79 Å². The van der Waals surface area contributed by atoms with Crippen LogP contribution in [0.5, 0.6) is 11.5 Å². The number of aromatic nitrogens is 2. The Labute approximate surface area is 212 Å². The summed E-state index contributed by atoms with van der Waals surface area (Å²) in [5.41, 5.74) is 3.80. The number of amides is 1. The third-order valence-corrected chi connectivity index (χ3v) is 5.78. The van der Waals surface area contributed by atoms with Gasteiger partial charge in [0.2, 0.25) is 0 Å². The molecule has 5 aromatic rings. The zero-order valence-corrected chi connectivity index (χ0v) is 19.9. The van der Waals surface area contributed by atoms with Crippen molar-refractivity contribution in [2.24, 2.45) is 0 Å². The molecule has 1 N–H and O–H groups in total. The maximum absolute atomic E-state index is 13.0. The minimum absolute atomic E-state index is 0.392. The van der Waals surface area contributed by atoms with Gasteiger partial charge < -0.3 is 10.1 Å². The molecule has 1 heterocycles. The van der Waals surface area contributed by atoms with Crippen molar-refractivity contribution in [2.75, 3.05) is 5.32 Å². The summed E-state index contributed by atoms with van der Waals surface area (Å²) in [5, 5.41) is 8.71. The van der Waals surface area contributed by atoms with Gasteiger partial charge in [-0.2, -0.15) is 9.78 Å². The maximum atomic E-state index is 13.0. The Balaban J connectivity index is 1.40. The largest absolute Gasteiger partial charge is 0.457 e. The molecule has 1 amide bonds. The molecule has 0 aliphatic rings. The minimum atomic E-state index is -0.392. The molecule has 0 aliphatic carbocycles. The second-order valence-corrected chi connectivity index (χ2v) is 8.59. The van der Waals surface area contributed by atoms with Gasteiger partial charge in [-0.05, 0) is 66.2 Å². The molecule has 0 saturated carbocycles. The number of benzene rings is 4. The summed E-state index contributed by atoms with van der Waals surface area (Å²) in [6.07, 6.45) is 1.70. The van der Waals surface area contributed by atoms with Crippen LogP contribution in [0.25, 0.3) is 22.4 Å². The van der Waals surface area contributed by atoms with E-state index >= 15 is 0 Å². The molecule has 0 fully saturated rings. The molecule has 35 heavy (non-hydrogen) atoms. The van der Waals surface area contributed by atoms with Gasteiger partial charge >= 0.3 is 6.03 Å². The molecule has 1 aromatic heterocycles. The van der Waals surface area contributed by atoms with Gasteiger partial charge in [0.25, 0.3) is 0 Å². The van der Waals surface area contributed by atoms with Crippen LogP contribution >= 0.6 is 23.2 Å². The molecule has 0 atom stereocenters. The summed E-state index contributed by atoms with van der Waals surface area (Å²) in [7, 11) is 0. The molecule has 0 bridgehead atoms. The molecule has 5 rings (SSSR count). The predicted molar refractivity (Wildman–Crippen MR) is 140 cm³/mol. The van der Waals surface area contributed by atoms with Crippen molar-refractivity contribution in [3.63, 3.8) is 0 Å². The van der Waals surface area contributed by atoms with Gasteiger partial charge in [-0.15, -0.1) is 0 Å². The number of nitrogens with one attached hydrogen (secondary N) is 1. The fraction of sp³-hybridized carbons (Fsp3) is 0. The van der Waals surface area contributed by atoms with Gasteiger partial charge in [-0.3, -0.25) is 0 Å². The SMILES string of the molecule is O=C(Nc1ccc(Oc2ccccc2)cc1)n1cc(-c2ccc(Cl)cc2)c(-c2ccc(Cl)cc2)n1. The van der Waals surface area contributed by atoms with Crippen molar-refractivity contribution in [3.05, 3.63) is 119 Å². The van der Waals surface area contributed by atoms with Crippen LogP contribution in [0.1, 0.15) is 0 Å². The van der Waals surface area contributed by atoms with Gasteiger partial charge in [0, 0.05) is 33.1 Å². The van der Waals surface area contributed by atoms with Crippen LogP contribution in [0, 0.1) is 0 Å². The average molecular weight is 500 g/mol. The van der Waals surface area contributed by atoms with Gasteiger partial charge in [-0.1, -0.05) is 65.7 Å². The first kappa shape index (κ1) is 22.7. The number of rotatable bonds is 5. The second-order valence-electron chi connectivity index (χ2n) is 7.72. The second kappa shape index (κ2) is 10.1. The number of anilines is 1. The normalized spacial score (nSPS) is 10.7. The highest BCUT2D eigenvalue weighted by atomic mass is 35.5. The Kier molecular flexibility index (Phi) is 6.53. The van der Waals surface area contributed by atoms with E-state index in [1.54, 1.807) is 54.7 Å². The predicted octanol–water partition coefficient (Wildman–Crippen LogP) is 8.40. The first-order chi connectivity index (χ1) is 17.0. The van der Waals surface area contributed by atoms with Crippen LogP contribution in [-0.4, -0.2) is 15.8 Å². The Morgan fingerprint density at radius 1 is 0.714 bits per heavy atom. The minimum Gasteiger partial charge on any atom is -0.457 e. The average Bonchev–Trinajstić information content (AvgIpc) is 3.32. The van der Waals surface area contributed by atoms with E-state index in [1.165, 1.54) is 4.68 Å². The van der Waals surface area contributed by atoms with Crippen molar-refractivity contribution in [1.29, 1.82) is 0 Å². The Morgan fingerprint density at radius 2 is 1.29 bits per heavy atom. The molecule has 0 unspecified atom stereocenters. The molecule has 172 valence electrons. The van der Waals surface area contributed by atoms with Crippen molar-refractivity contribution in [2.45, 2.75) is 0 Å². The molecular formula is C28H19Cl2N3O2. The van der Waals surface area contributed by atoms with Crippen LogP contribution < -0.4 is 10.1 Å². The Hall–Kier alpha value is -4.06. The quantitative estimate of drug-likeness (QED) is 0.264. The summed E-state index contributed by atoms with van der Waals surface area (Å²) < 4.78 is 7.10. The highest BCUT2D eigenvalue weighted by Crippen LogP contribution is 2.32. The number of carbonyl (C=O) groups is 1. The molecule has 0 spiro atoms. The Bertz CT molecular complexity index is 1380. The number of halogens is 2. The molecule has 0 aliphatic heterocycles. The number of para-hydroxylation sites is 1. The lowest BCUT2D eigenvalue weighted by atomic mass is 10.0. The fourth-order valence-electron chi connectivity index (χ4n) is 3.55. The highest BCUT2D eigenvalue weighted by molar-refractivity contribution is 6.31. The first-order valence-electron chi connectivity index (χ1n) is 10.8. The van der Waals surface area contributed by atoms with E-state index < -0.39 is 6.03 Å². The summed E-state index contributed by atoms with van der Waals surface area (Å²) >= 11 is 12.1. The lowest BCUT2D eigenvalue weighted by Gasteiger charge is -2.08. The molecule has 7 heteroatoms. The number of nitrogens with zero attached hydrogens (tertiary/aromatic N) is 2. The number of hydrogen-bond acceptors (Lipinski definition) is 3. The van der Waals surface area contributed by atoms with E-state index in [4.69, 9.17) is 27.9 Å². The topological polar surface area (TPSA) is 56.1 Å². The zero-order chi connectivity index (χ0) is 24.2. The van der Waals surface area contributed by atoms with Gasteiger partial charge in [0.15, 0.2) is 0 Å². The smallest absolute Gasteiger partial charge is 0.346 e. The lowest BCUT2D eigenvalue weighted by Crippen LogP contribution is -2.19. The molecule has 0 saturated heterocycles. The third kappa shape index (κ3) is 5.38. The van der Waals surface area contributed by atoms with E-state index in [1.807, 2.05) is 54.6 Å². The van der Waals surface area contributed by atoms with Gasteiger partial charge in [0.05, 0.1) is 0 Å². The molecule has 0 radical (unpaired) electrons. The van der Waals surface area contributed by atoms with E-state index in [2.05, 4.69) is 10.4 Å². The van der Waals surface area contributed by atoms with Crippen LogP contribution in [0.15, 0.2) is 109 Å². The zero-order valence-electron chi connectivity index (χ0n) is 18.4. The number of hydrogen-bond donors (Lipinski definition) is 1. The van der Waals surface area contributed by atoms with Crippen LogP contribution in [-0.2, 0) is 0 Å². The molecule has 4 aromatic carbocycles. The van der Waals surface area contributed by atoms with E-state index in [0.717, 1.165) is 22.4 Å². The summed E-state index contributed by atoms with van der Waals surface area (Å²) in [6, 6.07) is 31.0. The van der Waals surface area contributed by atoms with E-state index in [0.29, 0.717) is 27.2 Å². The Morgan fingerprint density at radius 3 is 1.91 bits per heavy atom. The molecule has 5 nitrogen and oxygen atoms in total. The lowest BCUT2D eigenvalue weighted by molar-refractivity contribution is 0.251.